The number of nitrogens with zero attached hydrogens (tertiary/aromatic N) is 3. The summed E-state index contributed by atoms with van der Waals surface area (Å²) in [5.74, 6) is 1.15. The Morgan fingerprint density at radius 2 is 2.20 bits per heavy atom. The van der Waals surface area contributed by atoms with E-state index in [-0.39, 0.29) is 0 Å². The maximum atomic E-state index is 8.83. The van der Waals surface area contributed by atoms with Gasteiger partial charge in [0.05, 0.1) is 6.54 Å². The van der Waals surface area contributed by atoms with E-state index in [9.17, 15) is 0 Å². The first-order chi connectivity index (χ1) is 9.67. The van der Waals surface area contributed by atoms with E-state index in [1.165, 1.54) is 0 Å². The highest BCUT2D eigenvalue weighted by atomic mass is 16.5. The van der Waals surface area contributed by atoms with Crippen molar-refractivity contribution in [2.45, 2.75) is 6.92 Å². The van der Waals surface area contributed by atoms with Crippen molar-refractivity contribution in [3.63, 3.8) is 0 Å². The molecule has 102 valence electrons. The first-order valence-corrected chi connectivity index (χ1v) is 6.15. The van der Waals surface area contributed by atoms with E-state index in [4.69, 9.17) is 15.7 Å². The van der Waals surface area contributed by atoms with Gasteiger partial charge in [-0.3, -0.25) is 0 Å². The van der Waals surface area contributed by atoms with E-state index >= 15 is 0 Å². The van der Waals surface area contributed by atoms with Crippen molar-refractivity contribution in [2.24, 2.45) is 0 Å². The van der Waals surface area contributed by atoms with Crippen molar-refractivity contribution in [3.8, 4) is 11.8 Å². The maximum absolute atomic E-state index is 8.83. The lowest BCUT2D eigenvalue weighted by Gasteiger charge is -2.08. The fraction of sp³-hybridized carbons (Fsp3) is 0.214. The highest BCUT2D eigenvalue weighted by Crippen LogP contribution is 2.14. The number of benzene rings is 1. The Balaban J connectivity index is 1.84. The molecule has 0 aliphatic rings. The zero-order chi connectivity index (χ0) is 14.4. The van der Waals surface area contributed by atoms with Gasteiger partial charge in [-0.2, -0.15) is 5.26 Å². The van der Waals surface area contributed by atoms with Crippen LogP contribution < -0.4 is 15.8 Å². The number of aryl methyl sites for hydroxylation is 1. The summed E-state index contributed by atoms with van der Waals surface area (Å²) in [6.45, 7) is 2.79. The molecule has 1 aromatic heterocycles. The van der Waals surface area contributed by atoms with Crippen LogP contribution in [-0.2, 0) is 0 Å². The smallest absolute Gasteiger partial charge is 0.224 e. The minimum absolute atomic E-state index is 0.344. The molecule has 0 aliphatic heterocycles. The van der Waals surface area contributed by atoms with Crippen LogP contribution in [0.2, 0.25) is 0 Å². The van der Waals surface area contributed by atoms with Gasteiger partial charge >= 0.3 is 0 Å². The molecular formula is C14H15N5O. The highest BCUT2D eigenvalue weighted by Gasteiger charge is 2.01. The van der Waals surface area contributed by atoms with Crippen molar-refractivity contribution < 1.29 is 4.74 Å². The Hall–Kier alpha value is -2.81. The second-order valence-electron chi connectivity index (χ2n) is 4.18. The normalized spacial score (nSPS) is 9.80. The fourth-order valence-electron chi connectivity index (χ4n) is 1.64. The van der Waals surface area contributed by atoms with Crippen LogP contribution >= 0.6 is 0 Å². The van der Waals surface area contributed by atoms with Gasteiger partial charge < -0.3 is 15.8 Å². The number of rotatable bonds is 5. The topological polar surface area (TPSA) is 96.8 Å². The maximum Gasteiger partial charge on any atom is 0.224 e. The van der Waals surface area contributed by atoms with Crippen LogP contribution in [0.4, 0.5) is 11.6 Å². The Bertz CT molecular complexity index is 636. The summed E-state index contributed by atoms with van der Waals surface area (Å²) in [5, 5.41) is 11.8. The summed E-state index contributed by atoms with van der Waals surface area (Å²) in [7, 11) is 0. The van der Waals surface area contributed by atoms with Gasteiger partial charge in [-0.05, 0) is 25.1 Å². The second-order valence-corrected chi connectivity index (χ2v) is 4.18. The number of ether oxygens (including phenoxy) is 1. The first kappa shape index (κ1) is 13.6. The van der Waals surface area contributed by atoms with E-state index in [1.807, 2.05) is 25.1 Å². The predicted octanol–water partition coefficient (Wildman–Crippen LogP) is 1.73. The van der Waals surface area contributed by atoms with Crippen LogP contribution in [0.1, 0.15) is 11.4 Å². The molecule has 0 radical (unpaired) electrons. The Labute approximate surface area is 117 Å². The molecule has 0 spiro atoms. The van der Waals surface area contributed by atoms with E-state index < -0.39 is 0 Å². The van der Waals surface area contributed by atoms with Gasteiger partial charge in [-0.15, -0.1) is 0 Å². The molecule has 0 atom stereocenters. The number of nitriles is 1. The molecule has 2 aromatic rings. The summed E-state index contributed by atoms with van der Waals surface area (Å²) < 4.78 is 5.53. The Morgan fingerprint density at radius 3 is 2.95 bits per heavy atom. The highest BCUT2D eigenvalue weighted by molar-refractivity contribution is 5.43. The predicted molar refractivity (Wildman–Crippen MR) is 76.3 cm³/mol. The molecule has 6 nitrogen and oxygen atoms in total. The molecule has 0 unspecified atom stereocenters. The van der Waals surface area contributed by atoms with Gasteiger partial charge in [-0.25, -0.2) is 9.97 Å². The number of hydrogen-bond donors (Lipinski definition) is 2. The minimum atomic E-state index is 0.344. The summed E-state index contributed by atoms with van der Waals surface area (Å²) in [5.41, 5.74) is 7.41. The molecule has 0 aliphatic carbocycles. The molecule has 1 aromatic carbocycles. The molecule has 3 N–H and O–H groups in total. The van der Waals surface area contributed by atoms with Gasteiger partial charge in [0.15, 0.2) is 0 Å². The number of anilines is 2. The third-order valence-corrected chi connectivity index (χ3v) is 2.48. The Morgan fingerprint density at radius 1 is 1.35 bits per heavy atom. The van der Waals surface area contributed by atoms with Gasteiger partial charge in [0, 0.05) is 17.4 Å². The molecule has 1 heterocycles. The van der Waals surface area contributed by atoms with E-state index in [0.29, 0.717) is 30.5 Å². The SMILES string of the molecule is Cc1cc(C#N)nc(NCCOc2cccc(N)c2)n1. The average molecular weight is 269 g/mol. The molecule has 6 heteroatoms. The fourth-order valence-corrected chi connectivity index (χ4v) is 1.64. The summed E-state index contributed by atoms with van der Waals surface area (Å²) >= 11 is 0. The van der Waals surface area contributed by atoms with E-state index in [2.05, 4.69) is 15.3 Å². The molecule has 0 fully saturated rings. The number of nitrogens with two attached hydrogens (primary N) is 1. The van der Waals surface area contributed by atoms with E-state index in [0.717, 1.165) is 11.4 Å². The molecule has 0 saturated carbocycles. The third-order valence-electron chi connectivity index (χ3n) is 2.48. The molecule has 0 saturated heterocycles. The lowest BCUT2D eigenvalue weighted by atomic mass is 10.3. The molecular weight excluding hydrogens is 254 g/mol. The van der Waals surface area contributed by atoms with Gasteiger partial charge in [-0.1, -0.05) is 6.07 Å². The third kappa shape index (κ3) is 3.85. The number of nitrogen functional groups attached to an aromatic ring is 1. The van der Waals surface area contributed by atoms with Crippen molar-refractivity contribution in [1.29, 1.82) is 5.26 Å². The monoisotopic (exact) mass is 269 g/mol. The van der Waals surface area contributed by atoms with Crippen LogP contribution in [0.3, 0.4) is 0 Å². The zero-order valence-electron chi connectivity index (χ0n) is 11.1. The van der Waals surface area contributed by atoms with Crippen LogP contribution in [0, 0.1) is 18.3 Å². The number of aromatic nitrogens is 2. The summed E-state index contributed by atoms with van der Waals surface area (Å²) in [4.78, 5) is 8.24. The van der Waals surface area contributed by atoms with Gasteiger partial charge in [0.25, 0.3) is 0 Å². The first-order valence-electron chi connectivity index (χ1n) is 6.15. The molecule has 0 bridgehead atoms. The van der Waals surface area contributed by atoms with Crippen LogP contribution in [-0.4, -0.2) is 23.1 Å². The van der Waals surface area contributed by atoms with Crippen LogP contribution in [0.15, 0.2) is 30.3 Å². The van der Waals surface area contributed by atoms with Crippen molar-refractivity contribution in [1.82, 2.24) is 9.97 Å². The van der Waals surface area contributed by atoms with Gasteiger partial charge in [0.1, 0.15) is 24.1 Å². The van der Waals surface area contributed by atoms with Crippen molar-refractivity contribution in [2.75, 3.05) is 24.2 Å². The quantitative estimate of drug-likeness (QED) is 0.633. The average Bonchev–Trinajstić information content (AvgIpc) is 2.43. The number of nitrogens with one attached hydrogen (secondary N) is 1. The lowest BCUT2D eigenvalue weighted by molar-refractivity contribution is 0.333. The number of hydrogen-bond acceptors (Lipinski definition) is 6. The largest absolute Gasteiger partial charge is 0.492 e. The lowest BCUT2D eigenvalue weighted by Crippen LogP contribution is -2.14. The van der Waals surface area contributed by atoms with Crippen LogP contribution in [0.5, 0.6) is 5.75 Å². The van der Waals surface area contributed by atoms with Gasteiger partial charge in [0.2, 0.25) is 5.95 Å². The van der Waals surface area contributed by atoms with Crippen LogP contribution in [0.25, 0.3) is 0 Å². The Kier molecular flexibility index (Phi) is 4.35. The second kappa shape index (κ2) is 6.38. The van der Waals surface area contributed by atoms with E-state index in [1.54, 1.807) is 18.2 Å². The summed E-state index contributed by atoms with van der Waals surface area (Å²) in [6, 6.07) is 10.9. The van der Waals surface area contributed by atoms with Crippen molar-refractivity contribution >= 4 is 11.6 Å². The minimum Gasteiger partial charge on any atom is -0.492 e. The van der Waals surface area contributed by atoms with Crippen molar-refractivity contribution in [3.05, 3.63) is 41.7 Å². The molecule has 2 rings (SSSR count). The summed E-state index contributed by atoms with van der Waals surface area (Å²) in [6.07, 6.45) is 0. The zero-order valence-corrected chi connectivity index (χ0v) is 11.1. The molecule has 0 amide bonds. The molecule has 20 heavy (non-hydrogen) atoms. The standard InChI is InChI=1S/C14H15N5O/c1-10-7-12(9-15)19-14(18-10)17-5-6-20-13-4-2-3-11(16)8-13/h2-4,7-8H,5-6,16H2,1H3,(H,17,18,19).